The minimum Gasteiger partial charge on any atom is -0.368 e. The van der Waals surface area contributed by atoms with Gasteiger partial charge in [0.15, 0.2) is 0 Å². The predicted octanol–water partition coefficient (Wildman–Crippen LogP) is -2.62. The predicted molar refractivity (Wildman–Crippen MR) is 14.6 cm³/mol. The van der Waals surface area contributed by atoms with Gasteiger partial charge in [-0.25, -0.2) is 0 Å². The van der Waals surface area contributed by atoms with Crippen molar-refractivity contribution < 1.29 is 69.5 Å². The molecule has 4 N–H and O–H groups in total. The monoisotopic (exact) mass is 268 g/mol. The largest absolute Gasteiger partial charge is 0.668 e. The molecule has 0 fully saturated rings. The van der Waals surface area contributed by atoms with Crippen LogP contribution in [0.25, 0.3) is 0 Å². The van der Waals surface area contributed by atoms with E-state index in [1.54, 1.807) is 0 Å². The Morgan fingerprint density at radius 3 is 0.875 bits per heavy atom. The van der Waals surface area contributed by atoms with Crippen molar-refractivity contribution in [3.63, 3.8) is 0 Å². The molecule has 0 aliphatic carbocycles. The van der Waals surface area contributed by atoms with Crippen molar-refractivity contribution in [1.29, 1.82) is 0 Å². The first kappa shape index (κ1) is 22.7. The number of hydrogen-bond donors (Lipinski definition) is 4. The van der Waals surface area contributed by atoms with Gasteiger partial charge in [-0.15, -0.1) is 0 Å². The Hall–Kier alpha value is 1.58. The van der Waals surface area contributed by atoms with Gasteiger partial charge in [-0.05, 0) is 0 Å². The van der Waals surface area contributed by atoms with Gasteiger partial charge < -0.3 is 19.2 Å². The van der Waals surface area contributed by atoms with E-state index in [1.807, 2.05) is 0 Å². The van der Waals surface area contributed by atoms with Crippen molar-refractivity contribution in [3.8, 4) is 0 Å². The van der Waals surface area contributed by atoms with Crippen LogP contribution >= 0.6 is 0 Å². The molecule has 8 heavy (non-hydrogen) atoms. The number of rotatable bonds is 0. The van der Waals surface area contributed by atoms with Crippen LogP contribution in [0.1, 0.15) is 0 Å². The molecule has 0 heterocycles. The molecule has 4 nitrogen and oxygen atoms in total. The summed E-state index contributed by atoms with van der Waals surface area (Å²) in [5.74, 6) is 0. The second-order valence-electron chi connectivity index (χ2n) is 0.600. The molecule has 0 unspecified atom stereocenters. The number of hydrogen-bond acceptors (Lipinski definition) is 4. The summed E-state index contributed by atoms with van der Waals surface area (Å²) < 4.78 is 0. The van der Waals surface area contributed by atoms with Crippen LogP contribution < -0.4 is 0 Å². The Morgan fingerprint density at radius 2 is 0.875 bits per heavy atom. The molecular weight excluding hydrogens is 265 g/mol. The molecule has 0 aromatic carbocycles. The Labute approximate surface area is 78.4 Å². The van der Waals surface area contributed by atoms with Crippen molar-refractivity contribution in [2.75, 3.05) is 0 Å². The first-order chi connectivity index (χ1) is 2.00. The van der Waals surface area contributed by atoms with Gasteiger partial charge >= 0.3 is 9.05 Å². The second-order valence-corrected chi connectivity index (χ2v) is 1.80. The fraction of sp³-hybridized carbons (Fsp3) is 0. The first-order valence-corrected chi connectivity index (χ1v) is 2.68. The van der Waals surface area contributed by atoms with E-state index in [4.69, 9.17) is 19.2 Å². The van der Waals surface area contributed by atoms with Crippen molar-refractivity contribution in [1.82, 2.24) is 0 Å². The van der Waals surface area contributed by atoms with Crippen LogP contribution in [-0.2, 0) is 50.3 Å². The van der Waals surface area contributed by atoms with Crippen LogP contribution in [0.3, 0.4) is 0 Å². The minimum absolute atomic E-state index is 0. The van der Waals surface area contributed by atoms with Crippen LogP contribution in [0, 0.1) is 0 Å². The van der Waals surface area contributed by atoms with Crippen LogP contribution in [0.2, 0.25) is 0 Å². The Kier molecular flexibility index (Phi) is 24.3. The van der Waals surface area contributed by atoms with Gasteiger partial charge in [-0.2, -0.15) is 0 Å². The van der Waals surface area contributed by atoms with Crippen molar-refractivity contribution in [3.05, 3.63) is 0 Å². The average molecular weight is 269 g/mol. The molecule has 0 aromatic heterocycles. The zero-order chi connectivity index (χ0) is 4.50. The molecule has 0 saturated carbocycles. The molecule has 0 atom stereocenters. The summed E-state index contributed by atoms with van der Waals surface area (Å²) in [6.07, 6.45) is 0. The van der Waals surface area contributed by atoms with Crippen LogP contribution in [0.4, 0.5) is 0 Å². The quantitative estimate of drug-likeness (QED) is 0.363. The van der Waals surface area contributed by atoms with Crippen LogP contribution in [0.15, 0.2) is 0 Å². The van der Waals surface area contributed by atoms with Gasteiger partial charge in [-0.3, -0.25) is 0 Å². The summed E-state index contributed by atoms with van der Waals surface area (Å²) >= 11 is 0. The molecular formula is H4CoMnNiO4Si. The molecule has 2 radical (unpaired) electrons. The molecule has 8 heteroatoms. The van der Waals surface area contributed by atoms with E-state index in [9.17, 15) is 0 Å². The van der Waals surface area contributed by atoms with E-state index < -0.39 is 9.05 Å². The molecule has 0 amide bonds. The van der Waals surface area contributed by atoms with Gasteiger partial charge in [-0.1, -0.05) is 0 Å². The van der Waals surface area contributed by atoms with E-state index >= 15 is 0 Å². The average Bonchev–Trinajstić information content (AvgIpc) is 0.722. The third kappa shape index (κ3) is 132. The van der Waals surface area contributed by atoms with Gasteiger partial charge in [0, 0.05) is 50.3 Å². The fourth-order valence-corrected chi connectivity index (χ4v) is 0. The Bertz CT molecular complexity index is 31.5. The van der Waals surface area contributed by atoms with E-state index in [1.165, 1.54) is 0 Å². The maximum atomic E-state index is 7.33. The summed E-state index contributed by atoms with van der Waals surface area (Å²) in [4.78, 5) is 29.3. The zero-order valence-electron chi connectivity index (χ0n) is 3.32. The third-order valence-corrected chi connectivity index (χ3v) is 0. The molecule has 0 rings (SSSR count). The van der Waals surface area contributed by atoms with Crippen molar-refractivity contribution in [2.24, 2.45) is 0 Å². The summed E-state index contributed by atoms with van der Waals surface area (Å²) in [6.45, 7) is 0. The topological polar surface area (TPSA) is 80.9 Å². The van der Waals surface area contributed by atoms with E-state index in [-0.39, 0.29) is 50.3 Å². The van der Waals surface area contributed by atoms with Crippen LogP contribution in [0.5, 0.6) is 0 Å². The molecule has 0 saturated heterocycles. The Morgan fingerprint density at radius 1 is 0.875 bits per heavy atom. The minimum atomic E-state index is -4.61. The third-order valence-electron chi connectivity index (χ3n) is 0. The van der Waals surface area contributed by atoms with Gasteiger partial charge in [0.2, 0.25) is 0 Å². The second kappa shape index (κ2) is 8.58. The molecule has 58 valence electrons. The van der Waals surface area contributed by atoms with Crippen molar-refractivity contribution >= 4 is 9.05 Å². The zero-order valence-corrected chi connectivity index (χ0v) is 7.53. The maximum Gasteiger partial charge on any atom is 0.668 e. The summed E-state index contributed by atoms with van der Waals surface area (Å²) in [5, 5.41) is 0. The van der Waals surface area contributed by atoms with Crippen molar-refractivity contribution in [2.45, 2.75) is 0 Å². The molecule has 0 aromatic rings. The Balaban J connectivity index is -0.0000000267. The normalized spacial score (nSPS) is 7.50. The first-order valence-electron chi connectivity index (χ1n) is 0.894. The molecule has 0 aliphatic heterocycles. The standard InChI is InChI=1S/Co.Mn.Ni.H4O4Si/c;;;1-5(2,3)4/h;;;1-4H. The van der Waals surface area contributed by atoms with Gasteiger partial charge in [0.05, 0.1) is 0 Å². The van der Waals surface area contributed by atoms with E-state index in [0.29, 0.717) is 0 Å². The smallest absolute Gasteiger partial charge is 0.368 e. The van der Waals surface area contributed by atoms with Crippen LogP contribution in [-0.4, -0.2) is 28.2 Å². The van der Waals surface area contributed by atoms with E-state index in [0.717, 1.165) is 0 Å². The summed E-state index contributed by atoms with van der Waals surface area (Å²) in [7, 11) is -4.61. The fourth-order valence-electron chi connectivity index (χ4n) is 0. The molecule has 0 aliphatic rings. The van der Waals surface area contributed by atoms with E-state index in [2.05, 4.69) is 0 Å². The SMILES string of the molecule is O[Si](O)(O)O.[Co].[Mn].[Ni]. The summed E-state index contributed by atoms with van der Waals surface area (Å²) in [6, 6.07) is 0. The molecule has 0 spiro atoms. The van der Waals surface area contributed by atoms with Gasteiger partial charge in [0.1, 0.15) is 0 Å². The van der Waals surface area contributed by atoms with Gasteiger partial charge in [0.25, 0.3) is 0 Å². The maximum absolute atomic E-state index is 7.33. The molecule has 0 bridgehead atoms. The summed E-state index contributed by atoms with van der Waals surface area (Å²) in [5.41, 5.74) is 0.